The first kappa shape index (κ1) is 9.88. The number of halogens is 2. The zero-order valence-electron chi connectivity index (χ0n) is 6.80. The van der Waals surface area contributed by atoms with E-state index in [1.807, 2.05) is 0 Å². The SMILES string of the molecule is O=C1CCCN1CC(F)(F)C(=O)O. The number of carbonyl (C=O) groups is 2. The standard InChI is InChI=1S/C7H9F2NO3/c8-7(9,6(12)13)4-10-3-1-2-5(10)11/h1-4H2,(H,12,13). The number of amides is 1. The second-order valence-electron chi connectivity index (χ2n) is 2.93. The number of aliphatic carboxylic acids is 1. The summed E-state index contributed by atoms with van der Waals surface area (Å²) in [5.41, 5.74) is 0. The van der Waals surface area contributed by atoms with Crippen molar-refractivity contribution >= 4 is 11.9 Å². The Morgan fingerprint density at radius 2 is 2.23 bits per heavy atom. The van der Waals surface area contributed by atoms with E-state index < -0.39 is 24.3 Å². The van der Waals surface area contributed by atoms with Crippen molar-refractivity contribution in [3.8, 4) is 0 Å². The lowest BCUT2D eigenvalue weighted by molar-refractivity contribution is -0.168. The van der Waals surface area contributed by atoms with Crippen LogP contribution in [0, 0.1) is 0 Å². The molecule has 1 rings (SSSR count). The van der Waals surface area contributed by atoms with Gasteiger partial charge in [-0.1, -0.05) is 0 Å². The Hall–Kier alpha value is -1.20. The van der Waals surface area contributed by atoms with Gasteiger partial charge in [-0.15, -0.1) is 0 Å². The van der Waals surface area contributed by atoms with E-state index in [4.69, 9.17) is 5.11 Å². The summed E-state index contributed by atoms with van der Waals surface area (Å²) >= 11 is 0. The van der Waals surface area contributed by atoms with Gasteiger partial charge in [0.25, 0.3) is 0 Å². The molecule has 6 heteroatoms. The zero-order valence-corrected chi connectivity index (χ0v) is 6.80. The van der Waals surface area contributed by atoms with Crippen LogP contribution in [0.5, 0.6) is 0 Å². The average molecular weight is 193 g/mol. The van der Waals surface area contributed by atoms with Crippen LogP contribution in [-0.4, -0.2) is 40.9 Å². The molecule has 1 saturated heterocycles. The van der Waals surface area contributed by atoms with Gasteiger partial charge in [0.05, 0.1) is 6.54 Å². The highest BCUT2D eigenvalue weighted by atomic mass is 19.3. The molecule has 0 aromatic heterocycles. The number of carboxylic acid groups (broad SMARTS) is 1. The zero-order chi connectivity index (χ0) is 10.1. The third-order valence-electron chi connectivity index (χ3n) is 1.87. The molecule has 0 saturated carbocycles. The first-order chi connectivity index (χ1) is 5.93. The molecule has 0 radical (unpaired) electrons. The molecule has 74 valence electrons. The van der Waals surface area contributed by atoms with E-state index >= 15 is 0 Å². The van der Waals surface area contributed by atoms with Crippen LogP contribution >= 0.6 is 0 Å². The van der Waals surface area contributed by atoms with Gasteiger partial charge < -0.3 is 10.0 Å². The maximum Gasteiger partial charge on any atom is 0.376 e. The number of carboxylic acids is 1. The summed E-state index contributed by atoms with van der Waals surface area (Å²) in [5.74, 6) is -6.42. The van der Waals surface area contributed by atoms with E-state index in [9.17, 15) is 18.4 Å². The van der Waals surface area contributed by atoms with Gasteiger partial charge in [0, 0.05) is 13.0 Å². The van der Waals surface area contributed by atoms with E-state index in [1.54, 1.807) is 0 Å². The molecule has 0 atom stereocenters. The third-order valence-corrected chi connectivity index (χ3v) is 1.87. The van der Waals surface area contributed by atoms with Gasteiger partial charge in [-0.3, -0.25) is 4.79 Å². The van der Waals surface area contributed by atoms with Crippen molar-refractivity contribution in [3.05, 3.63) is 0 Å². The van der Waals surface area contributed by atoms with Gasteiger partial charge in [-0.05, 0) is 6.42 Å². The Morgan fingerprint density at radius 1 is 1.62 bits per heavy atom. The van der Waals surface area contributed by atoms with Crippen molar-refractivity contribution in [2.75, 3.05) is 13.1 Å². The fourth-order valence-corrected chi connectivity index (χ4v) is 1.18. The Kier molecular flexibility index (Phi) is 2.49. The van der Waals surface area contributed by atoms with Crippen molar-refractivity contribution in [3.63, 3.8) is 0 Å². The van der Waals surface area contributed by atoms with Gasteiger partial charge in [0.2, 0.25) is 5.91 Å². The van der Waals surface area contributed by atoms with Crippen LogP contribution < -0.4 is 0 Å². The Balaban J connectivity index is 2.57. The van der Waals surface area contributed by atoms with E-state index in [2.05, 4.69) is 0 Å². The molecular weight excluding hydrogens is 184 g/mol. The Labute approximate surface area is 73.1 Å². The number of hydrogen-bond acceptors (Lipinski definition) is 2. The fraction of sp³-hybridized carbons (Fsp3) is 0.714. The maximum absolute atomic E-state index is 12.6. The predicted molar refractivity (Wildman–Crippen MR) is 38.4 cm³/mol. The highest BCUT2D eigenvalue weighted by Crippen LogP contribution is 2.19. The van der Waals surface area contributed by atoms with Crippen LogP contribution in [0.15, 0.2) is 0 Å². The van der Waals surface area contributed by atoms with Crippen LogP contribution in [0.1, 0.15) is 12.8 Å². The van der Waals surface area contributed by atoms with Gasteiger partial charge >= 0.3 is 11.9 Å². The molecule has 0 unspecified atom stereocenters. The molecule has 0 spiro atoms. The first-order valence-corrected chi connectivity index (χ1v) is 3.82. The topological polar surface area (TPSA) is 57.6 Å². The molecule has 1 aliphatic rings. The second-order valence-corrected chi connectivity index (χ2v) is 2.93. The minimum absolute atomic E-state index is 0.224. The number of carbonyl (C=O) groups excluding carboxylic acids is 1. The molecule has 1 aliphatic heterocycles. The largest absolute Gasteiger partial charge is 0.477 e. The lowest BCUT2D eigenvalue weighted by Crippen LogP contribution is -2.42. The van der Waals surface area contributed by atoms with Crippen molar-refractivity contribution < 1.29 is 23.5 Å². The number of likely N-dealkylation sites (tertiary alicyclic amines) is 1. The summed E-state index contributed by atoms with van der Waals surface area (Å²) in [6.07, 6.45) is 0.754. The van der Waals surface area contributed by atoms with Crippen molar-refractivity contribution in [2.45, 2.75) is 18.8 Å². The van der Waals surface area contributed by atoms with Gasteiger partial charge in [0.1, 0.15) is 0 Å². The molecule has 1 heterocycles. The minimum Gasteiger partial charge on any atom is -0.477 e. The summed E-state index contributed by atoms with van der Waals surface area (Å²) in [5, 5.41) is 8.10. The number of rotatable bonds is 3. The van der Waals surface area contributed by atoms with E-state index in [1.165, 1.54) is 0 Å². The number of alkyl halides is 2. The summed E-state index contributed by atoms with van der Waals surface area (Å²) in [7, 11) is 0. The molecule has 0 aliphatic carbocycles. The Bertz CT molecular complexity index is 242. The summed E-state index contributed by atoms with van der Waals surface area (Å²) in [4.78, 5) is 21.8. The third kappa shape index (κ3) is 2.13. The normalized spacial score (nSPS) is 18.0. The monoisotopic (exact) mass is 193 g/mol. The average Bonchev–Trinajstić information content (AvgIpc) is 2.35. The first-order valence-electron chi connectivity index (χ1n) is 3.82. The molecule has 0 bridgehead atoms. The van der Waals surface area contributed by atoms with Crippen molar-refractivity contribution in [1.29, 1.82) is 0 Å². The van der Waals surface area contributed by atoms with Gasteiger partial charge in [-0.2, -0.15) is 8.78 Å². The number of nitrogens with zero attached hydrogens (tertiary/aromatic N) is 1. The highest BCUT2D eigenvalue weighted by molar-refractivity contribution is 5.80. The van der Waals surface area contributed by atoms with Gasteiger partial charge in [-0.25, -0.2) is 4.79 Å². The predicted octanol–water partition coefficient (Wildman–Crippen LogP) is 0.329. The van der Waals surface area contributed by atoms with E-state index in [0.717, 1.165) is 4.90 Å². The van der Waals surface area contributed by atoms with Crippen molar-refractivity contribution in [1.82, 2.24) is 4.90 Å². The van der Waals surface area contributed by atoms with Crippen LogP contribution in [0.2, 0.25) is 0 Å². The molecular formula is C7H9F2NO3. The molecule has 1 fully saturated rings. The Morgan fingerprint density at radius 3 is 2.62 bits per heavy atom. The molecule has 4 nitrogen and oxygen atoms in total. The molecule has 1 N–H and O–H groups in total. The maximum atomic E-state index is 12.6. The lowest BCUT2D eigenvalue weighted by Gasteiger charge is -2.19. The van der Waals surface area contributed by atoms with E-state index in [0.29, 0.717) is 6.42 Å². The molecule has 0 aromatic carbocycles. The van der Waals surface area contributed by atoms with Crippen LogP contribution in [-0.2, 0) is 9.59 Å². The van der Waals surface area contributed by atoms with E-state index in [-0.39, 0.29) is 13.0 Å². The van der Waals surface area contributed by atoms with Crippen LogP contribution in [0.4, 0.5) is 8.78 Å². The number of hydrogen-bond donors (Lipinski definition) is 1. The lowest BCUT2D eigenvalue weighted by atomic mass is 10.3. The second kappa shape index (κ2) is 3.27. The highest BCUT2D eigenvalue weighted by Gasteiger charge is 2.42. The quantitative estimate of drug-likeness (QED) is 0.702. The molecule has 1 amide bonds. The van der Waals surface area contributed by atoms with Gasteiger partial charge in [0.15, 0.2) is 0 Å². The summed E-state index contributed by atoms with van der Waals surface area (Å²) in [6.45, 7) is -0.789. The summed E-state index contributed by atoms with van der Waals surface area (Å²) in [6, 6.07) is 0. The van der Waals surface area contributed by atoms with Crippen LogP contribution in [0.25, 0.3) is 0 Å². The minimum atomic E-state index is -3.83. The molecule has 0 aromatic rings. The van der Waals surface area contributed by atoms with Crippen molar-refractivity contribution in [2.24, 2.45) is 0 Å². The molecule has 13 heavy (non-hydrogen) atoms. The smallest absolute Gasteiger partial charge is 0.376 e. The summed E-state index contributed by atoms with van der Waals surface area (Å²) < 4.78 is 25.2. The van der Waals surface area contributed by atoms with Crippen LogP contribution in [0.3, 0.4) is 0 Å². The fourth-order valence-electron chi connectivity index (χ4n) is 1.18.